The summed E-state index contributed by atoms with van der Waals surface area (Å²) in [5.41, 5.74) is 3.85. The summed E-state index contributed by atoms with van der Waals surface area (Å²) in [7, 11) is 0. The largest absolute Gasteiger partial charge is 0.508 e. The molecule has 0 radical (unpaired) electrons. The fraction of sp³-hybridized carbons (Fsp3) is 0.419. The minimum atomic E-state index is -2.62. The average Bonchev–Trinajstić information content (AvgIpc) is 3.50. The van der Waals surface area contributed by atoms with Crippen molar-refractivity contribution in [2.24, 2.45) is 23.5 Å². The number of phenolic OH excluding ortho intramolecular Hbond substituents is 1. The number of phenols is 1. The molecule has 2 fully saturated rings. The van der Waals surface area contributed by atoms with Crippen LogP contribution in [0.25, 0.3) is 11.1 Å². The lowest BCUT2D eigenvalue weighted by Crippen LogP contribution is -2.63. The van der Waals surface area contributed by atoms with Gasteiger partial charge in [-0.1, -0.05) is 12.1 Å². The maximum absolute atomic E-state index is 14.1. The molecule has 3 aliphatic carbocycles. The molecule has 6 rings (SSSR count). The lowest BCUT2D eigenvalue weighted by Gasteiger charge is -2.48. The molecule has 4 aliphatic rings. The van der Waals surface area contributed by atoms with Crippen LogP contribution in [0.5, 0.6) is 5.75 Å². The van der Waals surface area contributed by atoms with Gasteiger partial charge in [0.15, 0.2) is 17.2 Å². The summed E-state index contributed by atoms with van der Waals surface area (Å²) in [6, 6.07) is 7.15. The Kier molecular flexibility index (Phi) is 7.10. The first-order valence-corrected chi connectivity index (χ1v) is 14.2. The van der Waals surface area contributed by atoms with Crippen molar-refractivity contribution in [3.8, 4) is 16.9 Å². The van der Waals surface area contributed by atoms with Crippen LogP contribution in [0.4, 0.5) is 4.39 Å². The third-order valence-corrected chi connectivity index (χ3v) is 9.30. The summed E-state index contributed by atoms with van der Waals surface area (Å²) in [4.78, 5) is 52.0. The highest BCUT2D eigenvalue weighted by atomic mass is 19.1. The average molecular weight is 595 g/mol. The lowest BCUT2D eigenvalue weighted by molar-refractivity contribution is -0.167. The molecule has 226 valence electrons. The van der Waals surface area contributed by atoms with Crippen molar-refractivity contribution in [2.45, 2.75) is 56.5 Å². The van der Waals surface area contributed by atoms with Crippen LogP contribution in [-0.2, 0) is 32.1 Å². The van der Waals surface area contributed by atoms with Gasteiger partial charge in [-0.15, -0.1) is 0 Å². The Labute approximate surface area is 245 Å². The van der Waals surface area contributed by atoms with Crippen molar-refractivity contribution in [1.82, 2.24) is 5.32 Å². The Morgan fingerprint density at radius 3 is 2.51 bits per heavy atom. The molecule has 0 bridgehead atoms. The molecule has 11 nitrogen and oxygen atoms in total. The summed E-state index contributed by atoms with van der Waals surface area (Å²) < 4.78 is 19.2. The number of aliphatic hydroxyl groups excluding tert-OH is 2. The number of amides is 2. The Morgan fingerprint density at radius 1 is 1.14 bits per heavy atom. The van der Waals surface area contributed by atoms with Crippen LogP contribution in [0.2, 0.25) is 0 Å². The second kappa shape index (κ2) is 10.5. The van der Waals surface area contributed by atoms with Gasteiger partial charge in [0.25, 0.3) is 0 Å². The molecule has 2 aromatic rings. The first-order chi connectivity index (χ1) is 20.4. The number of benzene rings is 2. The molecule has 1 saturated heterocycles. The Bertz CT molecular complexity index is 1580. The highest BCUT2D eigenvalue weighted by Gasteiger charge is 2.62. The molecule has 1 heterocycles. The number of carbonyl (C=O) groups excluding carboxylic acids is 4. The predicted molar refractivity (Wildman–Crippen MR) is 147 cm³/mol. The number of allylic oxidation sites excluding steroid dienone is 1. The van der Waals surface area contributed by atoms with Crippen molar-refractivity contribution in [3.63, 3.8) is 0 Å². The van der Waals surface area contributed by atoms with Gasteiger partial charge in [-0.25, -0.2) is 4.39 Å². The van der Waals surface area contributed by atoms with Crippen LogP contribution in [0.3, 0.4) is 0 Å². The summed E-state index contributed by atoms with van der Waals surface area (Å²) >= 11 is 0. The summed E-state index contributed by atoms with van der Waals surface area (Å²) in [5.74, 6) is -8.92. The zero-order valence-corrected chi connectivity index (χ0v) is 23.0. The van der Waals surface area contributed by atoms with E-state index in [-0.39, 0.29) is 48.4 Å². The van der Waals surface area contributed by atoms with E-state index in [1.165, 1.54) is 24.3 Å². The summed E-state index contributed by atoms with van der Waals surface area (Å²) in [6.07, 6.45) is -0.927. The number of fused-ring (bicyclic) bond motifs is 3. The molecule has 0 aromatic heterocycles. The second-order valence-corrected chi connectivity index (χ2v) is 11.8. The van der Waals surface area contributed by atoms with E-state index in [1.807, 2.05) is 0 Å². The van der Waals surface area contributed by atoms with E-state index in [1.54, 1.807) is 6.07 Å². The molecule has 6 atom stereocenters. The maximum Gasteiger partial charge on any atom is 0.249 e. The minimum absolute atomic E-state index is 0.0121. The quantitative estimate of drug-likeness (QED) is 0.277. The molecular formula is C31H31FN2O9. The molecule has 1 aliphatic heterocycles. The van der Waals surface area contributed by atoms with E-state index in [9.17, 15) is 44.0 Å². The molecular weight excluding hydrogens is 563 g/mol. The number of ether oxygens (including phenoxy) is 1. The second-order valence-electron chi connectivity index (χ2n) is 11.8. The zero-order chi connectivity index (χ0) is 30.8. The van der Waals surface area contributed by atoms with E-state index < -0.39 is 70.4 Å². The van der Waals surface area contributed by atoms with E-state index >= 15 is 0 Å². The van der Waals surface area contributed by atoms with Crippen LogP contribution in [0.15, 0.2) is 41.7 Å². The third kappa shape index (κ3) is 4.52. The molecule has 12 heteroatoms. The monoisotopic (exact) mass is 594 g/mol. The van der Waals surface area contributed by atoms with Crippen LogP contribution in [0.1, 0.15) is 47.2 Å². The first kappa shape index (κ1) is 29.0. The van der Waals surface area contributed by atoms with Crippen LogP contribution < -0.4 is 11.1 Å². The van der Waals surface area contributed by atoms with E-state index in [0.717, 1.165) is 6.42 Å². The van der Waals surface area contributed by atoms with Gasteiger partial charge >= 0.3 is 0 Å². The number of Topliss-reactive ketones (excluding diaryl/α,β-unsaturated/α-hetero) is 2. The number of ketones is 2. The Hall–Kier alpha value is -4.13. The van der Waals surface area contributed by atoms with Gasteiger partial charge in [0, 0.05) is 30.2 Å². The van der Waals surface area contributed by atoms with Gasteiger partial charge in [0.1, 0.15) is 29.3 Å². The Morgan fingerprint density at radius 2 is 1.86 bits per heavy atom. The minimum Gasteiger partial charge on any atom is -0.508 e. The van der Waals surface area contributed by atoms with Gasteiger partial charge in [-0.3, -0.25) is 19.2 Å². The number of aromatic hydroxyl groups is 1. The van der Waals surface area contributed by atoms with Crippen molar-refractivity contribution >= 4 is 23.4 Å². The molecule has 43 heavy (non-hydrogen) atoms. The van der Waals surface area contributed by atoms with Gasteiger partial charge in [-0.2, -0.15) is 0 Å². The number of halogens is 1. The fourth-order valence-corrected chi connectivity index (χ4v) is 7.15. The van der Waals surface area contributed by atoms with Crippen LogP contribution in [-0.4, -0.2) is 68.2 Å². The summed E-state index contributed by atoms with van der Waals surface area (Å²) in [6.45, 7) is 0.288. The topological polar surface area (TPSA) is 196 Å². The molecule has 0 spiro atoms. The molecule has 1 saturated carbocycles. The maximum atomic E-state index is 14.1. The van der Waals surface area contributed by atoms with Crippen molar-refractivity contribution in [2.75, 3.05) is 6.61 Å². The van der Waals surface area contributed by atoms with E-state index in [0.29, 0.717) is 29.7 Å². The summed E-state index contributed by atoms with van der Waals surface area (Å²) in [5, 5.41) is 47.5. The predicted octanol–water partition coefficient (Wildman–Crippen LogP) is 1.35. The van der Waals surface area contributed by atoms with Gasteiger partial charge in [-0.05, 0) is 72.9 Å². The van der Waals surface area contributed by atoms with Gasteiger partial charge < -0.3 is 36.2 Å². The van der Waals surface area contributed by atoms with Crippen molar-refractivity contribution in [1.29, 1.82) is 0 Å². The molecule has 3 unspecified atom stereocenters. The first-order valence-electron chi connectivity index (χ1n) is 14.2. The van der Waals surface area contributed by atoms with Crippen LogP contribution in [0, 0.1) is 23.6 Å². The molecule has 2 amide bonds. The number of nitrogens with two attached hydrogens (primary N) is 1. The van der Waals surface area contributed by atoms with Crippen molar-refractivity contribution in [3.05, 3.63) is 64.2 Å². The van der Waals surface area contributed by atoms with Gasteiger partial charge in [0.05, 0.1) is 11.7 Å². The van der Waals surface area contributed by atoms with E-state index in [4.69, 9.17) is 10.5 Å². The highest BCUT2D eigenvalue weighted by molar-refractivity contribution is 6.16. The standard InChI is InChI=1S/C31H31FN2O9/c32-17-5-3-13(4-6-17)18-10-15(12-34-30(41)21-2-1-7-43-21)25(36)23-19(18)9-14-8-16-11-20(35)24(29(33)40)28(39)31(16,42)27(38)22(14)26(23)37/h3-6,10,14,16,20-21,24,35-36,38,42H,1-2,7-9,11-12H2,(H2,33,40)(H,34,41)/t14-,16+,20?,21?,24?,31+/m1/s1. The number of aliphatic hydroxyl groups is 3. The lowest BCUT2D eigenvalue weighted by atomic mass is 9.57. The molecule has 2 aromatic carbocycles. The molecule has 7 N–H and O–H groups in total. The normalized spacial score (nSPS) is 30.0. The third-order valence-electron chi connectivity index (χ3n) is 9.30. The smallest absolute Gasteiger partial charge is 0.249 e. The number of carbonyl (C=O) groups is 4. The fourth-order valence-electron chi connectivity index (χ4n) is 7.15. The number of rotatable bonds is 5. The van der Waals surface area contributed by atoms with Gasteiger partial charge in [0.2, 0.25) is 11.8 Å². The SMILES string of the molecule is NC(=O)C1C(=O)[C@@]2(O)C(O)=C3C(=O)c4c(O)c(CNC(=O)C5CCCO5)cc(-c5ccc(F)cc5)c4C[C@H]3C[C@H]2CC1O. The van der Waals surface area contributed by atoms with Crippen molar-refractivity contribution < 1.29 is 48.7 Å². The number of primary amides is 1. The number of nitrogens with one attached hydrogen (secondary N) is 1. The van der Waals surface area contributed by atoms with E-state index in [2.05, 4.69) is 5.32 Å². The Balaban J connectivity index is 1.46. The zero-order valence-electron chi connectivity index (χ0n) is 23.0. The number of hydrogen-bond acceptors (Lipinski definition) is 9. The van der Waals surface area contributed by atoms with Crippen LogP contribution >= 0.6 is 0 Å². The number of hydrogen-bond donors (Lipinski definition) is 6. The highest BCUT2D eigenvalue weighted by Crippen LogP contribution is 2.53.